The Morgan fingerprint density at radius 1 is 1.19 bits per heavy atom. The van der Waals surface area contributed by atoms with Crippen LogP contribution in [0.3, 0.4) is 0 Å². The molecule has 4 rings (SSSR count). The fourth-order valence-corrected chi connectivity index (χ4v) is 4.81. The lowest BCUT2D eigenvalue weighted by Crippen LogP contribution is -2.34. The molecule has 3 N–H and O–H groups in total. The zero-order valence-electron chi connectivity index (χ0n) is 17.2. The average molecular weight is 470 g/mol. The van der Waals surface area contributed by atoms with E-state index in [1.807, 2.05) is 17.5 Å². The monoisotopic (exact) mass is 469 g/mol. The van der Waals surface area contributed by atoms with Gasteiger partial charge in [-0.15, -0.1) is 22.7 Å². The molecule has 0 saturated heterocycles. The summed E-state index contributed by atoms with van der Waals surface area (Å²) in [5, 5.41) is 8.12. The summed E-state index contributed by atoms with van der Waals surface area (Å²) < 4.78 is 1.10. The number of carbonyl (C=O) groups is 2. The van der Waals surface area contributed by atoms with E-state index in [2.05, 4.69) is 20.6 Å². The SMILES string of the molecule is CCn1c(=O)[nH]c2cc(C(=O)Nc3nc(-c4ccc(CNC(C)=O)s4)cs3)ccc2c1=O. The Morgan fingerprint density at radius 3 is 2.75 bits per heavy atom. The van der Waals surface area contributed by atoms with Gasteiger partial charge in [-0.1, -0.05) is 0 Å². The van der Waals surface area contributed by atoms with E-state index < -0.39 is 17.2 Å². The molecule has 0 aliphatic carbocycles. The molecular weight excluding hydrogens is 450 g/mol. The molecule has 0 unspecified atom stereocenters. The highest BCUT2D eigenvalue weighted by Gasteiger charge is 2.14. The van der Waals surface area contributed by atoms with Gasteiger partial charge in [0.05, 0.1) is 28.0 Å². The van der Waals surface area contributed by atoms with Gasteiger partial charge in [-0.3, -0.25) is 24.3 Å². The molecule has 1 aromatic carbocycles. The van der Waals surface area contributed by atoms with Crippen LogP contribution in [0.15, 0.2) is 45.3 Å². The van der Waals surface area contributed by atoms with Crippen molar-refractivity contribution >= 4 is 50.5 Å². The minimum atomic E-state index is -0.513. The van der Waals surface area contributed by atoms with Gasteiger partial charge >= 0.3 is 5.69 Å². The number of thiophene rings is 1. The zero-order chi connectivity index (χ0) is 22.8. The number of nitrogens with zero attached hydrogens (tertiary/aromatic N) is 2. The second-order valence-corrected chi connectivity index (χ2v) is 8.93. The molecule has 3 heterocycles. The number of hydrogen-bond donors (Lipinski definition) is 3. The van der Waals surface area contributed by atoms with E-state index in [9.17, 15) is 19.2 Å². The molecule has 0 aliphatic heterocycles. The van der Waals surface area contributed by atoms with Crippen LogP contribution < -0.4 is 21.9 Å². The van der Waals surface area contributed by atoms with Crippen molar-refractivity contribution in [3.05, 3.63) is 67.0 Å². The van der Waals surface area contributed by atoms with Crippen LogP contribution in [-0.4, -0.2) is 26.3 Å². The number of fused-ring (bicyclic) bond motifs is 1. The minimum Gasteiger partial charge on any atom is -0.351 e. The summed E-state index contributed by atoms with van der Waals surface area (Å²) >= 11 is 2.81. The Balaban J connectivity index is 1.52. The maximum atomic E-state index is 12.7. The molecule has 9 nitrogen and oxygen atoms in total. The van der Waals surface area contributed by atoms with Crippen molar-refractivity contribution < 1.29 is 9.59 Å². The van der Waals surface area contributed by atoms with Crippen LogP contribution in [0.25, 0.3) is 21.5 Å². The maximum absolute atomic E-state index is 12.7. The molecule has 0 aliphatic rings. The van der Waals surface area contributed by atoms with Crippen LogP contribution >= 0.6 is 22.7 Å². The number of rotatable bonds is 6. The third-order valence-electron chi connectivity index (χ3n) is 4.71. The molecule has 2 amide bonds. The first-order chi connectivity index (χ1) is 15.4. The van der Waals surface area contributed by atoms with Gasteiger partial charge < -0.3 is 10.3 Å². The van der Waals surface area contributed by atoms with Crippen molar-refractivity contribution in [3.63, 3.8) is 0 Å². The van der Waals surface area contributed by atoms with E-state index in [1.165, 1.54) is 41.7 Å². The number of hydrogen-bond acceptors (Lipinski definition) is 7. The Morgan fingerprint density at radius 2 is 2.00 bits per heavy atom. The summed E-state index contributed by atoms with van der Waals surface area (Å²) in [4.78, 5) is 57.2. The predicted molar refractivity (Wildman–Crippen MR) is 125 cm³/mol. The Bertz CT molecular complexity index is 1450. The lowest BCUT2D eigenvalue weighted by Gasteiger charge is -2.06. The number of thiazole rings is 1. The second-order valence-electron chi connectivity index (χ2n) is 6.91. The van der Waals surface area contributed by atoms with E-state index in [0.29, 0.717) is 28.1 Å². The van der Waals surface area contributed by atoms with Crippen LogP contribution in [0, 0.1) is 0 Å². The van der Waals surface area contributed by atoms with E-state index in [1.54, 1.807) is 13.0 Å². The molecule has 32 heavy (non-hydrogen) atoms. The highest BCUT2D eigenvalue weighted by atomic mass is 32.1. The lowest BCUT2D eigenvalue weighted by molar-refractivity contribution is -0.119. The molecule has 11 heteroatoms. The number of H-pyrrole nitrogens is 1. The number of aromatic nitrogens is 3. The van der Waals surface area contributed by atoms with Crippen LogP contribution in [0.2, 0.25) is 0 Å². The first kappa shape index (κ1) is 21.7. The minimum absolute atomic E-state index is 0.0904. The summed E-state index contributed by atoms with van der Waals surface area (Å²) in [7, 11) is 0. The van der Waals surface area contributed by atoms with Crippen molar-refractivity contribution in [2.45, 2.75) is 26.9 Å². The number of amides is 2. The topological polar surface area (TPSA) is 126 Å². The molecule has 0 saturated carbocycles. The third-order valence-corrected chi connectivity index (χ3v) is 6.58. The number of aromatic amines is 1. The number of anilines is 1. The first-order valence-corrected chi connectivity index (χ1v) is 11.4. The Labute approximate surface area is 189 Å². The van der Waals surface area contributed by atoms with Gasteiger partial charge in [0.25, 0.3) is 11.5 Å². The Kier molecular flexibility index (Phi) is 6.01. The van der Waals surface area contributed by atoms with Crippen molar-refractivity contribution in [1.29, 1.82) is 0 Å². The molecule has 0 spiro atoms. The van der Waals surface area contributed by atoms with E-state index in [4.69, 9.17) is 0 Å². The summed E-state index contributed by atoms with van der Waals surface area (Å²) in [5.41, 5.74) is 0.430. The summed E-state index contributed by atoms with van der Waals surface area (Å²) in [6.45, 7) is 3.91. The molecule has 164 valence electrons. The van der Waals surface area contributed by atoms with Crippen molar-refractivity contribution in [1.82, 2.24) is 19.9 Å². The number of nitrogens with one attached hydrogen (secondary N) is 3. The molecular formula is C21H19N5O4S2. The van der Waals surface area contributed by atoms with Gasteiger partial charge in [0.15, 0.2) is 5.13 Å². The molecule has 0 fully saturated rings. The van der Waals surface area contributed by atoms with Crippen LogP contribution in [-0.2, 0) is 17.9 Å². The van der Waals surface area contributed by atoms with E-state index in [-0.39, 0.29) is 12.5 Å². The summed E-state index contributed by atoms with van der Waals surface area (Å²) in [6.07, 6.45) is 0. The van der Waals surface area contributed by atoms with Crippen molar-refractivity contribution in [2.75, 3.05) is 5.32 Å². The quantitative estimate of drug-likeness (QED) is 0.400. The smallest absolute Gasteiger partial charge is 0.328 e. The van der Waals surface area contributed by atoms with Gasteiger partial charge in [0.2, 0.25) is 5.91 Å². The van der Waals surface area contributed by atoms with Gasteiger partial charge in [-0.25, -0.2) is 9.78 Å². The van der Waals surface area contributed by atoms with Crippen LogP contribution in [0.4, 0.5) is 5.13 Å². The van der Waals surface area contributed by atoms with Crippen molar-refractivity contribution in [2.24, 2.45) is 0 Å². The standard InChI is InChI=1S/C21H19N5O4S2/c1-3-26-19(29)14-6-4-12(8-15(14)24-21(26)30)18(28)25-20-23-16(10-31-20)17-7-5-13(32-17)9-22-11(2)27/h4-8,10H,3,9H2,1-2H3,(H,22,27)(H,24,30)(H,23,25,28). The van der Waals surface area contributed by atoms with Gasteiger partial charge in [0, 0.05) is 29.3 Å². The Hall–Kier alpha value is -3.57. The fourth-order valence-electron chi connectivity index (χ4n) is 3.12. The molecule has 0 bridgehead atoms. The second kappa shape index (κ2) is 8.89. The van der Waals surface area contributed by atoms with Crippen molar-refractivity contribution in [3.8, 4) is 10.6 Å². The van der Waals surface area contributed by atoms with Gasteiger partial charge in [0.1, 0.15) is 0 Å². The summed E-state index contributed by atoms with van der Waals surface area (Å²) in [5.74, 6) is -0.488. The molecule has 0 atom stereocenters. The van der Waals surface area contributed by atoms with Gasteiger partial charge in [-0.05, 0) is 37.3 Å². The molecule has 3 aromatic heterocycles. The largest absolute Gasteiger partial charge is 0.351 e. The average Bonchev–Trinajstić information content (AvgIpc) is 3.41. The van der Waals surface area contributed by atoms with Crippen LogP contribution in [0.5, 0.6) is 0 Å². The molecule has 0 radical (unpaired) electrons. The van der Waals surface area contributed by atoms with Gasteiger partial charge in [-0.2, -0.15) is 0 Å². The third kappa shape index (κ3) is 4.39. The first-order valence-electron chi connectivity index (χ1n) is 9.73. The predicted octanol–water partition coefficient (Wildman–Crippen LogP) is 2.78. The van der Waals surface area contributed by atoms with E-state index in [0.717, 1.165) is 20.0 Å². The lowest BCUT2D eigenvalue weighted by atomic mass is 10.1. The zero-order valence-corrected chi connectivity index (χ0v) is 18.9. The van der Waals surface area contributed by atoms with Crippen LogP contribution in [0.1, 0.15) is 29.1 Å². The molecule has 4 aromatic rings. The number of carbonyl (C=O) groups excluding carboxylic acids is 2. The number of benzene rings is 1. The normalized spacial score (nSPS) is 10.9. The van der Waals surface area contributed by atoms with E-state index >= 15 is 0 Å². The fraction of sp³-hybridized carbons (Fsp3) is 0.190. The highest BCUT2D eigenvalue weighted by Crippen LogP contribution is 2.31. The maximum Gasteiger partial charge on any atom is 0.328 e. The summed E-state index contributed by atoms with van der Waals surface area (Å²) in [6, 6.07) is 8.40. The highest BCUT2D eigenvalue weighted by molar-refractivity contribution is 7.17.